The fraction of sp³-hybridized carbons (Fsp3) is 1.00. The van der Waals surface area contributed by atoms with Crippen molar-refractivity contribution in [3.8, 4) is 0 Å². The van der Waals surface area contributed by atoms with E-state index in [4.69, 9.17) is 0 Å². The van der Waals surface area contributed by atoms with Gasteiger partial charge in [0.2, 0.25) is 0 Å². The minimum Gasteiger partial charge on any atom is -0.304 e. The van der Waals surface area contributed by atoms with Gasteiger partial charge in [-0.3, -0.25) is 0 Å². The van der Waals surface area contributed by atoms with Crippen LogP contribution in [0.2, 0.25) is 0 Å². The minimum atomic E-state index is 0.847. The maximum absolute atomic E-state index is 2.40. The first kappa shape index (κ1) is 18.7. The van der Waals surface area contributed by atoms with Crippen molar-refractivity contribution in [3.63, 3.8) is 0 Å². The third kappa shape index (κ3) is 12.0. The number of hydrogen-bond donors (Lipinski definition) is 0. The Hall–Kier alpha value is -0.0400. The van der Waals surface area contributed by atoms with Crippen LogP contribution in [-0.2, 0) is 0 Å². The van der Waals surface area contributed by atoms with E-state index in [1.54, 1.807) is 0 Å². The number of nitrogens with zero attached hydrogens (tertiary/aromatic N) is 1. The molecular formula is C12H31N. The molecule has 0 bridgehead atoms. The molecule has 1 saturated heterocycles. The van der Waals surface area contributed by atoms with Crippen molar-refractivity contribution in [2.45, 2.75) is 67.3 Å². The van der Waals surface area contributed by atoms with Gasteiger partial charge in [-0.25, -0.2) is 0 Å². The Morgan fingerprint density at radius 1 is 0.923 bits per heavy atom. The zero-order valence-corrected chi connectivity index (χ0v) is 11.1. The highest BCUT2D eigenvalue weighted by molar-refractivity contribution is 4.70. The van der Waals surface area contributed by atoms with E-state index in [0.717, 1.165) is 6.04 Å². The average molecular weight is 189 g/mol. The molecule has 1 heteroatoms. The molecule has 0 spiro atoms. The zero-order valence-electron chi connectivity index (χ0n) is 11.1. The van der Waals surface area contributed by atoms with Crippen LogP contribution in [0.25, 0.3) is 0 Å². The molecule has 0 aliphatic carbocycles. The lowest BCUT2D eigenvalue weighted by Gasteiger charge is -2.12. The van der Waals surface area contributed by atoms with Gasteiger partial charge >= 0.3 is 0 Å². The summed E-state index contributed by atoms with van der Waals surface area (Å²) in [6.45, 7) is 15.6. The summed E-state index contributed by atoms with van der Waals surface area (Å²) in [4.78, 5) is 2.40. The summed E-state index contributed by atoms with van der Waals surface area (Å²) in [6, 6.07) is 0.847. The van der Waals surface area contributed by atoms with Crippen molar-refractivity contribution in [2.24, 2.45) is 0 Å². The van der Waals surface area contributed by atoms with Crippen molar-refractivity contribution >= 4 is 0 Å². The number of rotatable bonds is 0. The second-order valence-corrected chi connectivity index (χ2v) is 2.47. The summed E-state index contributed by atoms with van der Waals surface area (Å²) in [5.41, 5.74) is 0. The van der Waals surface area contributed by atoms with E-state index in [1.165, 1.54) is 19.4 Å². The van der Waals surface area contributed by atoms with E-state index >= 15 is 0 Å². The van der Waals surface area contributed by atoms with Crippen LogP contribution in [0.4, 0.5) is 0 Å². The van der Waals surface area contributed by atoms with Gasteiger partial charge in [0.1, 0.15) is 0 Å². The molecule has 1 rings (SSSR count). The third-order valence-corrected chi connectivity index (χ3v) is 1.89. The van der Waals surface area contributed by atoms with Gasteiger partial charge < -0.3 is 4.90 Å². The summed E-state index contributed by atoms with van der Waals surface area (Å²) in [7, 11) is 2.19. The summed E-state index contributed by atoms with van der Waals surface area (Å²) >= 11 is 0. The molecule has 0 N–H and O–H groups in total. The van der Waals surface area contributed by atoms with Gasteiger partial charge in [0, 0.05) is 6.04 Å². The molecule has 1 unspecified atom stereocenters. The zero-order chi connectivity index (χ0) is 11.3. The standard InChI is InChI=1S/C6H13N.3C2H6/c1-6-4-3-5-7(6)2;3*1-2/h6H,3-5H2,1-2H3;3*1-2H3. The van der Waals surface area contributed by atoms with Crippen LogP contribution < -0.4 is 0 Å². The highest BCUT2D eigenvalue weighted by Crippen LogP contribution is 2.12. The number of likely N-dealkylation sites (tertiary alicyclic amines) is 1. The van der Waals surface area contributed by atoms with Gasteiger partial charge in [-0.15, -0.1) is 0 Å². The summed E-state index contributed by atoms with van der Waals surface area (Å²) in [5.74, 6) is 0. The van der Waals surface area contributed by atoms with Crippen molar-refractivity contribution < 1.29 is 0 Å². The Balaban J connectivity index is -0.000000144. The van der Waals surface area contributed by atoms with Gasteiger partial charge in [0.25, 0.3) is 0 Å². The fourth-order valence-electron chi connectivity index (χ4n) is 1.08. The average Bonchev–Trinajstić information content (AvgIpc) is 2.61. The predicted octanol–water partition coefficient (Wildman–Crippen LogP) is 4.18. The van der Waals surface area contributed by atoms with E-state index in [2.05, 4.69) is 18.9 Å². The lowest BCUT2D eigenvalue weighted by atomic mass is 10.3. The minimum absolute atomic E-state index is 0.847. The molecular weight excluding hydrogens is 158 g/mol. The molecule has 1 aliphatic rings. The summed E-state index contributed by atoms with van der Waals surface area (Å²) < 4.78 is 0. The molecule has 1 aliphatic heterocycles. The first-order valence-electron chi connectivity index (χ1n) is 6.01. The van der Waals surface area contributed by atoms with Crippen molar-refractivity contribution in [1.82, 2.24) is 4.90 Å². The maximum atomic E-state index is 2.40. The van der Waals surface area contributed by atoms with Crippen LogP contribution in [0.1, 0.15) is 61.3 Å². The molecule has 0 radical (unpaired) electrons. The summed E-state index contributed by atoms with van der Waals surface area (Å²) in [5, 5.41) is 0. The lowest BCUT2D eigenvalue weighted by molar-refractivity contribution is 0.331. The monoisotopic (exact) mass is 189 g/mol. The Morgan fingerprint density at radius 2 is 1.31 bits per heavy atom. The van der Waals surface area contributed by atoms with E-state index in [-0.39, 0.29) is 0 Å². The molecule has 0 aromatic heterocycles. The van der Waals surface area contributed by atoms with Gasteiger partial charge in [0.05, 0.1) is 0 Å². The van der Waals surface area contributed by atoms with Crippen LogP contribution >= 0.6 is 0 Å². The lowest BCUT2D eigenvalue weighted by Crippen LogP contribution is -2.20. The highest BCUT2D eigenvalue weighted by Gasteiger charge is 2.14. The molecule has 1 heterocycles. The molecule has 1 atom stereocenters. The molecule has 1 nitrogen and oxygen atoms in total. The van der Waals surface area contributed by atoms with Crippen LogP contribution in [0.3, 0.4) is 0 Å². The summed E-state index contributed by atoms with van der Waals surface area (Å²) in [6.07, 6.45) is 2.80. The molecule has 1 fully saturated rings. The number of hydrogen-bond acceptors (Lipinski definition) is 1. The van der Waals surface area contributed by atoms with Crippen molar-refractivity contribution in [1.29, 1.82) is 0 Å². The fourth-order valence-corrected chi connectivity index (χ4v) is 1.08. The maximum Gasteiger partial charge on any atom is 0.00643 e. The first-order valence-corrected chi connectivity index (χ1v) is 6.01. The van der Waals surface area contributed by atoms with E-state index in [9.17, 15) is 0 Å². The van der Waals surface area contributed by atoms with Crippen LogP contribution in [0, 0.1) is 0 Å². The molecule has 0 saturated carbocycles. The Labute approximate surface area is 86.5 Å². The highest BCUT2D eigenvalue weighted by atomic mass is 15.1. The van der Waals surface area contributed by atoms with Crippen LogP contribution in [0.5, 0.6) is 0 Å². The molecule has 13 heavy (non-hydrogen) atoms. The smallest absolute Gasteiger partial charge is 0.00643 e. The molecule has 0 amide bonds. The molecule has 0 aromatic rings. The van der Waals surface area contributed by atoms with E-state index in [0.29, 0.717) is 0 Å². The third-order valence-electron chi connectivity index (χ3n) is 1.89. The second kappa shape index (κ2) is 17.9. The van der Waals surface area contributed by atoms with Crippen molar-refractivity contribution in [2.75, 3.05) is 13.6 Å². The van der Waals surface area contributed by atoms with Gasteiger partial charge in [0.15, 0.2) is 0 Å². The SMILES string of the molecule is CC.CC.CC.CC1CCCN1C. The van der Waals surface area contributed by atoms with Crippen molar-refractivity contribution in [3.05, 3.63) is 0 Å². The Morgan fingerprint density at radius 3 is 1.38 bits per heavy atom. The van der Waals surface area contributed by atoms with Gasteiger partial charge in [-0.1, -0.05) is 41.5 Å². The Kier molecular flexibility index (Phi) is 25.7. The van der Waals surface area contributed by atoms with E-state index in [1.807, 2.05) is 41.5 Å². The Bertz CT molecular complexity index is 54.1. The largest absolute Gasteiger partial charge is 0.304 e. The molecule has 84 valence electrons. The first-order chi connectivity index (χ1) is 6.30. The van der Waals surface area contributed by atoms with Gasteiger partial charge in [-0.2, -0.15) is 0 Å². The topological polar surface area (TPSA) is 3.24 Å². The van der Waals surface area contributed by atoms with Crippen LogP contribution in [0.15, 0.2) is 0 Å². The quantitative estimate of drug-likeness (QED) is 0.552. The molecule has 0 aromatic carbocycles. The second-order valence-electron chi connectivity index (χ2n) is 2.47. The normalized spacial score (nSPS) is 19.8. The van der Waals surface area contributed by atoms with E-state index < -0.39 is 0 Å². The van der Waals surface area contributed by atoms with Gasteiger partial charge in [-0.05, 0) is 33.4 Å². The predicted molar refractivity (Wildman–Crippen MR) is 65.4 cm³/mol. The van der Waals surface area contributed by atoms with Crippen LogP contribution in [-0.4, -0.2) is 24.5 Å².